The van der Waals surface area contributed by atoms with Crippen LogP contribution in [0.4, 0.5) is 4.39 Å². The van der Waals surface area contributed by atoms with Crippen molar-refractivity contribution in [3.63, 3.8) is 0 Å². The van der Waals surface area contributed by atoms with Crippen LogP contribution in [0.25, 0.3) is 10.9 Å². The van der Waals surface area contributed by atoms with Gasteiger partial charge in [-0.25, -0.2) is 4.39 Å². The Bertz CT molecular complexity index is 594. The van der Waals surface area contributed by atoms with E-state index >= 15 is 0 Å². The molecule has 3 heteroatoms. The lowest BCUT2D eigenvalue weighted by Gasteiger charge is -2.36. The molecule has 1 aromatic heterocycles. The van der Waals surface area contributed by atoms with Crippen LogP contribution in [0, 0.1) is 0 Å². The summed E-state index contributed by atoms with van der Waals surface area (Å²) in [6, 6.07) is 8.81. The first-order valence-corrected chi connectivity index (χ1v) is 6.95. The van der Waals surface area contributed by atoms with Crippen molar-refractivity contribution in [2.24, 2.45) is 0 Å². The second-order valence-electron chi connectivity index (χ2n) is 6.30. The molecule has 19 heavy (non-hydrogen) atoms. The molecular formula is C16H21FN2. The zero-order chi connectivity index (χ0) is 13.6. The third-order valence-electron chi connectivity index (χ3n) is 3.97. The van der Waals surface area contributed by atoms with Crippen molar-refractivity contribution >= 4 is 10.9 Å². The van der Waals surface area contributed by atoms with E-state index in [0.29, 0.717) is 12.6 Å². The zero-order valence-electron chi connectivity index (χ0n) is 11.8. The molecule has 0 unspecified atom stereocenters. The van der Waals surface area contributed by atoms with E-state index in [1.165, 1.54) is 22.2 Å². The Morgan fingerprint density at radius 3 is 2.84 bits per heavy atom. The molecule has 0 saturated heterocycles. The number of hydrogen-bond donors (Lipinski definition) is 1. The van der Waals surface area contributed by atoms with Crippen molar-refractivity contribution in [3.8, 4) is 0 Å². The van der Waals surface area contributed by atoms with Gasteiger partial charge in [-0.05, 0) is 38.8 Å². The van der Waals surface area contributed by atoms with E-state index in [2.05, 4.69) is 41.1 Å². The lowest BCUT2D eigenvalue weighted by atomic mass is 9.96. The van der Waals surface area contributed by atoms with Crippen LogP contribution in [0.1, 0.15) is 32.0 Å². The number of aromatic nitrogens is 1. The Hall–Kier alpha value is -1.35. The average Bonchev–Trinajstić information content (AvgIpc) is 2.66. The van der Waals surface area contributed by atoms with Gasteiger partial charge in [-0.2, -0.15) is 0 Å². The molecule has 1 atom stereocenters. The van der Waals surface area contributed by atoms with Gasteiger partial charge in [0.2, 0.25) is 0 Å². The van der Waals surface area contributed by atoms with Gasteiger partial charge >= 0.3 is 0 Å². The molecule has 0 amide bonds. The van der Waals surface area contributed by atoms with Crippen LogP contribution in [0.3, 0.4) is 0 Å². The SMILES string of the molecule is C[C@@H]1Cc2c([nH]c3ccccc23)CN1CC(C)(C)F. The van der Waals surface area contributed by atoms with Crippen LogP contribution in [0.2, 0.25) is 0 Å². The predicted molar refractivity (Wildman–Crippen MR) is 77.1 cm³/mol. The molecule has 1 aliphatic heterocycles. The van der Waals surface area contributed by atoms with E-state index in [0.717, 1.165) is 13.0 Å². The molecule has 102 valence electrons. The van der Waals surface area contributed by atoms with Crippen LogP contribution in [-0.2, 0) is 13.0 Å². The van der Waals surface area contributed by atoms with Gasteiger partial charge in [0.1, 0.15) is 5.67 Å². The fraction of sp³-hybridized carbons (Fsp3) is 0.500. The fourth-order valence-corrected chi connectivity index (χ4v) is 3.10. The molecule has 2 heterocycles. The van der Waals surface area contributed by atoms with Crippen molar-refractivity contribution in [1.82, 2.24) is 9.88 Å². The Labute approximate surface area is 113 Å². The monoisotopic (exact) mass is 260 g/mol. The minimum absolute atomic E-state index is 0.390. The van der Waals surface area contributed by atoms with Crippen LogP contribution in [0.15, 0.2) is 24.3 Å². The Balaban J connectivity index is 1.95. The third-order valence-corrected chi connectivity index (χ3v) is 3.97. The highest BCUT2D eigenvalue weighted by molar-refractivity contribution is 5.84. The van der Waals surface area contributed by atoms with Crippen molar-refractivity contribution in [3.05, 3.63) is 35.5 Å². The smallest absolute Gasteiger partial charge is 0.118 e. The summed E-state index contributed by atoms with van der Waals surface area (Å²) in [5, 5.41) is 1.32. The lowest BCUT2D eigenvalue weighted by molar-refractivity contribution is 0.0853. The number of para-hydroxylation sites is 1. The number of benzene rings is 1. The summed E-state index contributed by atoms with van der Waals surface area (Å²) in [5.41, 5.74) is 2.72. The Morgan fingerprint density at radius 2 is 2.11 bits per heavy atom. The molecule has 0 aliphatic carbocycles. The minimum atomic E-state index is -1.14. The van der Waals surface area contributed by atoms with Crippen LogP contribution >= 0.6 is 0 Å². The molecule has 0 radical (unpaired) electrons. The highest BCUT2D eigenvalue weighted by Gasteiger charge is 2.30. The highest BCUT2D eigenvalue weighted by Crippen LogP contribution is 2.31. The quantitative estimate of drug-likeness (QED) is 0.873. The van der Waals surface area contributed by atoms with Crippen LogP contribution in [-0.4, -0.2) is 28.1 Å². The minimum Gasteiger partial charge on any atom is -0.357 e. The third kappa shape index (κ3) is 2.39. The first-order valence-electron chi connectivity index (χ1n) is 6.95. The molecule has 2 nitrogen and oxygen atoms in total. The van der Waals surface area contributed by atoms with Gasteiger partial charge < -0.3 is 4.98 Å². The number of H-pyrrole nitrogens is 1. The molecule has 3 rings (SSSR count). The number of rotatable bonds is 2. The molecule has 2 aromatic rings. The van der Waals surface area contributed by atoms with E-state index in [4.69, 9.17) is 0 Å². The molecule has 0 saturated carbocycles. The van der Waals surface area contributed by atoms with E-state index < -0.39 is 5.67 Å². The standard InChI is InChI=1S/C16H21FN2/c1-11-8-13-12-6-4-5-7-14(12)18-15(13)9-19(11)10-16(2,3)17/h4-7,11,18H,8-10H2,1-3H3/t11-/m1/s1. The fourth-order valence-electron chi connectivity index (χ4n) is 3.10. The summed E-state index contributed by atoms with van der Waals surface area (Å²) < 4.78 is 13.9. The number of halogens is 1. The van der Waals surface area contributed by atoms with Gasteiger partial charge in [-0.1, -0.05) is 18.2 Å². The first kappa shape index (κ1) is 12.7. The topological polar surface area (TPSA) is 19.0 Å². The predicted octanol–water partition coefficient (Wildman–Crippen LogP) is 3.66. The summed E-state index contributed by atoms with van der Waals surface area (Å²) in [6.07, 6.45) is 0.995. The maximum Gasteiger partial charge on any atom is 0.118 e. The van der Waals surface area contributed by atoms with E-state index in [-0.39, 0.29) is 0 Å². The summed E-state index contributed by atoms with van der Waals surface area (Å²) >= 11 is 0. The molecule has 1 aromatic carbocycles. The lowest BCUT2D eigenvalue weighted by Crippen LogP contribution is -2.44. The second-order valence-corrected chi connectivity index (χ2v) is 6.30. The number of nitrogens with one attached hydrogen (secondary N) is 1. The second kappa shape index (κ2) is 4.34. The van der Waals surface area contributed by atoms with E-state index in [1.807, 2.05) is 0 Å². The summed E-state index contributed by atoms with van der Waals surface area (Å²) in [5.74, 6) is 0. The van der Waals surface area contributed by atoms with Crippen molar-refractivity contribution in [2.75, 3.05) is 6.54 Å². The maximum atomic E-state index is 13.9. The van der Waals surface area contributed by atoms with Gasteiger partial charge in [-0.15, -0.1) is 0 Å². The average molecular weight is 260 g/mol. The van der Waals surface area contributed by atoms with Crippen molar-refractivity contribution < 1.29 is 4.39 Å². The number of aromatic amines is 1. The first-order chi connectivity index (χ1) is 8.94. The van der Waals surface area contributed by atoms with Gasteiger partial charge in [0.25, 0.3) is 0 Å². The summed E-state index contributed by atoms with van der Waals surface area (Å²) in [7, 11) is 0. The summed E-state index contributed by atoms with van der Waals surface area (Å²) in [6.45, 7) is 6.80. The highest BCUT2D eigenvalue weighted by atomic mass is 19.1. The number of nitrogens with zero attached hydrogens (tertiary/aromatic N) is 1. The van der Waals surface area contributed by atoms with Crippen molar-refractivity contribution in [1.29, 1.82) is 0 Å². The Morgan fingerprint density at radius 1 is 1.37 bits per heavy atom. The molecular weight excluding hydrogens is 239 g/mol. The zero-order valence-corrected chi connectivity index (χ0v) is 11.8. The van der Waals surface area contributed by atoms with Gasteiger partial charge in [0.05, 0.1) is 0 Å². The van der Waals surface area contributed by atoms with Crippen molar-refractivity contribution in [2.45, 2.75) is 45.4 Å². The van der Waals surface area contributed by atoms with Crippen LogP contribution < -0.4 is 0 Å². The Kier molecular flexibility index (Phi) is 2.90. The summed E-state index contributed by atoms with van der Waals surface area (Å²) in [4.78, 5) is 5.72. The molecule has 1 aliphatic rings. The molecule has 0 spiro atoms. The number of alkyl halides is 1. The maximum absolute atomic E-state index is 13.9. The number of fused-ring (bicyclic) bond motifs is 3. The normalized spacial score (nSPS) is 20.7. The molecule has 0 bridgehead atoms. The van der Waals surface area contributed by atoms with Gasteiger partial charge in [-0.3, -0.25) is 4.90 Å². The van der Waals surface area contributed by atoms with Gasteiger partial charge in [0, 0.05) is 35.7 Å². The largest absolute Gasteiger partial charge is 0.357 e. The molecule has 1 N–H and O–H groups in total. The van der Waals surface area contributed by atoms with Crippen LogP contribution in [0.5, 0.6) is 0 Å². The van der Waals surface area contributed by atoms with E-state index in [1.54, 1.807) is 13.8 Å². The van der Waals surface area contributed by atoms with E-state index in [9.17, 15) is 4.39 Å². The number of hydrogen-bond acceptors (Lipinski definition) is 1. The van der Waals surface area contributed by atoms with Gasteiger partial charge in [0.15, 0.2) is 0 Å². The molecule has 0 fully saturated rings.